The minimum atomic E-state index is -3.54. The smallest absolute Gasteiger partial charge is 0.207 e. The van der Waals surface area contributed by atoms with Gasteiger partial charge in [0.25, 0.3) is 0 Å². The molecule has 0 aliphatic heterocycles. The van der Waals surface area contributed by atoms with E-state index in [1.54, 1.807) is 12.1 Å². The van der Waals surface area contributed by atoms with Gasteiger partial charge in [0.15, 0.2) is 0 Å². The van der Waals surface area contributed by atoms with E-state index in [9.17, 15) is 8.42 Å². The van der Waals surface area contributed by atoms with Gasteiger partial charge in [0.2, 0.25) is 9.84 Å². The van der Waals surface area contributed by atoms with Crippen molar-refractivity contribution < 1.29 is 8.42 Å². The Kier molecular flexibility index (Phi) is 7.47. The predicted molar refractivity (Wildman–Crippen MR) is 129 cm³/mol. The van der Waals surface area contributed by atoms with E-state index < -0.39 is 9.84 Å². The van der Waals surface area contributed by atoms with Gasteiger partial charge >= 0.3 is 0 Å². The summed E-state index contributed by atoms with van der Waals surface area (Å²) in [5.74, 6) is 0. The van der Waals surface area contributed by atoms with E-state index in [0.717, 1.165) is 22.3 Å². The normalized spacial score (nSPS) is 12.2. The summed E-state index contributed by atoms with van der Waals surface area (Å²) >= 11 is 9.03. The molecule has 0 atom stereocenters. The first-order valence-corrected chi connectivity index (χ1v) is 13.1. The lowest BCUT2D eigenvalue weighted by Crippen LogP contribution is -2.09. The van der Waals surface area contributed by atoms with Crippen LogP contribution in [0, 0.1) is 13.8 Å². The minimum absolute atomic E-state index is 0.0961. The first kappa shape index (κ1) is 20.6. The fourth-order valence-corrected chi connectivity index (χ4v) is 6.90. The molecular formula is C16H14I4O2S. The molecule has 0 fully saturated rings. The first-order valence-electron chi connectivity index (χ1n) is 6.67. The van der Waals surface area contributed by atoms with Crippen LogP contribution in [0.5, 0.6) is 0 Å². The number of halogens is 4. The molecule has 2 aromatic carbocycles. The number of aryl methyl sites for hydroxylation is 2. The van der Waals surface area contributed by atoms with E-state index in [4.69, 9.17) is 0 Å². The van der Waals surface area contributed by atoms with Crippen molar-refractivity contribution in [3.63, 3.8) is 0 Å². The van der Waals surface area contributed by atoms with Crippen LogP contribution in [0.2, 0.25) is 0 Å². The van der Waals surface area contributed by atoms with Crippen molar-refractivity contribution >= 4 is 100 Å². The van der Waals surface area contributed by atoms with E-state index in [1.807, 2.05) is 38.1 Å². The van der Waals surface area contributed by atoms with Gasteiger partial charge in [0.1, 0.15) is 0 Å². The molecule has 0 spiro atoms. The molecule has 0 amide bonds. The molecule has 7 heteroatoms. The molecule has 2 nitrogen and oxygen atoms in total. The molecule has 0 N–H and O–H groups in total. The third kappa shape index (κ3) is 4.73. The van der Waals surface area contributed by atoms with Crippen molar-refractivity contribution in [2.24, 2.45) is 0 Å². The van der Waals surface area contributed by atoms with Gasteiger partial charge in [0.05, 0.1) is 13.7 Å². The fraction of sp³-hybridized carbons (Fsp3) is 0.250. The van der Waals surface area contributed by atoms with Crippen molar-refractivity contribution in [2.75, 3.05) is 0 Å². The van der Waals surface area contributed by atoms with Crippen LogP contribution in [0.1, 0.15) is 26.1 Å². The number of hydrogen-bond acceptors (Lipinski definition) is 2. The molecule has 0 heterocycles. The highest BCUT2D eigenvalue weighted by molar-refractivity contribution is 14.2. The Bertz CT molecular complexity index is 766. The molecule has 0 unspecified atom stereocenters. The van der Waals surface area contributed by atoms with Gasteiger partial charge in [-0.25, -0.2) is 8.42 Å². The van der Waals surface area contributed by atoms with Crippen molar-refractivity contribution in [3.05, 3.63) is 58.7 Å². The number of benzene rings is 2. The third-order valence-electron chi connectivity index (χ3n) is 3.38. The number of sulfone groups is 1. The molecule has 0 aliphatic rings. The number of alkyl halides is 4. The molecule has 0 aliphatic carbocycles. The molecular weight excluding hydrogens is 764 g/mol. The van der Waals surface area contributed by atoms with Gasteiger partial charge in [-0.3, -0.25) is 0 Å². The maximum atomic E-state index is 13.3. The van der Waals surface area contributed by atoms with Crippen LogP contribution in [0.25, 0.3) is 0 Å². The topological polar surface area (TPSA) is 34.1 Å². The largest absolute Gasteiger partial charge is 0.218 e. The summed E-state index contributed by atoms with van der Waals surface area (Å²) < 4.78 is 26.8. The highest BCUT2D eigenvalue weighted by atomic mass is 127. The van der Waals surface area contributed by atoms with Crippen LogP contribution >= 0.6 is 90.4 Å². The van der Waals surface area contributed by atoms with Crippen molar-refractivity contribution in [2.45, 2.75) is 27.5 Å². The number of rotatable bonds is 4. The highest BCUT2D eigenvalue weighted by Crippen LogP contribution is 2.41. The van der Waals surface area contributed by atoms with Gasteiger partial charge in [-0.05, 0) is 37.1 Å². The van der Waals surface area contributed by atoms with E-state index in [0.29, 0.717) is 9.79 Å². The van der Waals surface area contributed by atoms with Crippen LogP contribution < -0.4 is 0 Å². The Balaban J connectivity index is 2.74. The standard InChI is InChI=1S/C16H14I4O2S/c1-9-3-5-13(11(7-9)15(17)18)23(21,22)14-6-4-10(2)8-12(14)16(19)20/h3-8,15-16H,1-2H3. The zero-order chi connectivity index (χ0) is 17.4. The molecule has 0 saturated heterocycles. The molecule has 0 saturated carbocycles. The molecule has 2 rings (SSSR count). The summed E-state index contributed by atoms with van der Waals surface area (Å²) in [6.45, 7) is 3.97. The highest BCUT2D eigenvalue weighted by Gasteiger charge is 2.27. The maximum absolute atomic E-state index is 13.3. The predicted octanol–water partition coefficient (Wildman–Crippen LogP) is 6.87. The quantitative estimate of drug-likeness (QED) is 0.251. The number of hydrogen-bond donors (Lipinski definition) is 0. The average molecular weight is 778 g/mol. The zero-order valence-electron chi connectivity index (χ0n) is 12.4. The molecule has 0 radical (unpaired) electrons. The lowest BCUT2D eigenvalue weighted by atomic mass is 10.2. The van der Waals surface area contributed by atoms with Crippen molar-refractivity contribution in [3.8, 4) is 0 Å². The Morgan fingerprint density at radius 1 is 0.739 bits per heavy atom. The van der Waals surface area contributed by atoms with Gasteiger partial charge < -0.3 is 0 Å². The molecule has 2 aromatic rings. The van der Waals surface area contributed by atoms with E-state index in [2.05, 4.69) is 90.4 Å². The molecule has 23 heavy (non-hydrogen) atoms. The van der Waals surface area contributed by atoms with Crippen LogP contribution in [0.15, 0.2) is 46.2 Å². The Morgan fingerprint density at radius 3 is 1.39 bits per heavy atom. The molecule has 0 aromatic heterocycles. The Labute approximate surface area is 192 Å². The average Bonchev–Trinajstić information content (AvgIpc) is 2.46. The van der Waals surface area contributed by atoms with Crippen LogP contribution in [0.3, 0.4) is 0 Å². The zero-order valence-corrected chi connectivity index (χ0v) is 21.8. The summed E-state index contributed by atoms with van der Waals surface area (Å²) in [4.78, 5) is 0.825. The second-order valence-electron chi connectivity index (χ2n) is 5.19. The summed E-state index contributed by atoms with van der Waals surface area (Å²) in [7, 11) is -3.54. The van der Waals surface area contributed by atoms with Crippen molar-refractivity contribution in [1.82, 2.24) is 0 Å². The first-order chi connectivity index (χ1) is 10.6. The lowest BCUT2D eigenvalue weighted by molar-refractivity contribution is 0.595. The van der Waals surface area contributed by atoms with Crippen LogP contribution in [0.4, 0.5) is 0 Å². The summed E-state index contributed by atoms with van der Waals surface area (Å²) in [5.41, 5.74) is 3.86. The monoisotopic (exact) mass is 778 g/mol. The summed E-state index contributed by atoms with van der Waals surface area (Å²) in [5, 5.41) is 0. The van der Waals surface area contributed by atoms with Gasteiger partial charge in [-0.1, -0.05) is 126 Å². The molecule has 124 valence electrons. The second-order valence-corrected chi connectivity index (χ2v) is 16.8. The molecule has 0 bridgehead atoms. The van der Waals surface area contributed by atoms with Gasteiger partial charge in [0, 0.05) is 0 Å². The fourth-order valence-electron chi connectivity index (χ4n) is 2.28. The summed E-state index contributed by atoms with van der Waals surface area (Å²) in [6, 6.07) is 11.1. The SMILES string of the molecule is Cc1ccc(S(=O)(=O)c2ccc(C)cc2C(I)I)c(C(I)I)c1. The Morgan fingerprint density at radius 2 is 1.09 bits per heavy atom. The maximum Gasteiger partial charge on any atom is 0.207 e. The van der Waals surface area contributed by atoms with Gasteiger partial charge in [-0.15, -0.1) is 0 Å². The second kappa shape index (κ2) is 8.33. The summed E-state index contributed by atoms with van der Waals surface area (Å²) in [6.07, 6.45) is 0. The van der Waals surface area contributed by atoms with E-state index in [-0.39, 0.29) is 3.86 Å². The lowest BCUT2D eigenvalue weighted by Gasteiger charge is -2.16. The van der Waals surface area contributed by atoms with Gasteiger partial charge in [-0.2, -0.15) is 0 Å². The minimum Gasteiger partial charge on any atom is -0.218 e. The van der Waals surface area contributed by atoms with E-state index in [1.165, 1.54) is 0 Å². The third-order valence-corrected chi connectivity index (χ3v) is 7.97. The van der Waals surface area contributed by atoms with Crippen LogP contribution in [-0.2, 0) is 9.84 Å². The van der Waals surface area contributed by atoms with Crippen molar-refractivity contribution in [1.29, 1.82) is 0 Å². The Hall–Kier alpha value is 1.31. The van der Waals surface area contributed by atoms with E-state index >= 15 is 0 Å². The van der Waals surface area contributed by atoms with Crippen LogP contribution in [-0.4, -0.2) is 8.42 Å².